The first-order valence-electron chi connectivity index (χ1n) is 5.78. The average Bonchev–Trinajstić information content (AvgIpc) is 2.24. The van der Waals surface area contributed by atoms with Crippen molar-refractivity contribution in [3.63, 3.8) is 0 Å². The lowest BCUT2D eigenvalue weighted by Crippen LogP contribution is -2.39. The third-order valence-electron chi connectivity index (χ3n) is 2.80. The summed E-state index contributed by atoms with van der Waals surface area (Å²) in [7, 11) is 0. The molecule has 0 bridgehead atoms. The Kier molecular flexibility index (Phi) is 4.62. The van der Waals surface area contributed by atoms with Gasteiger partial charge in [0.1, 0.15) is 6.54 Å². The highest BCUT2D eigenvalue weighted by Gasteiger charge is 2.32. The predicted molar refractivity (Wildman–Crippen MR) is 65.6 cm³/mol. The summed E-state index contributed by atoms with van der Waals surface area (Å²) < 4.78 is 37.5. The molecule has 0 aliphatic rings. The van der Waals surface area contributed by atoms with Crippen molar-refractivity contribution in [2.24, 2.45) is 0 Å². The first-order chi connectivity index (χ1) is 8.24. The van der Waals surface area contributed by atoms with Gasteiger partial charge in [-0.15, -0.1) is 0 Å². The molecule has 1 aromatic rings. The van der Waals surface area contributed by atoms with Crippen LogP contribution in [0.15, 0.2) is 18.2 Å². The van der Waals surface area contributed by atoms with Crippen molar-refractivity contribution in [1.29, 1.82) is 0 Å². The molecular formula is C13H18F3NO. The molecule has 0 saturated heterocycles. The number of anilines is 1. The van der Waals surface area contributed by atoms with E-state index in [9.17, 15) is 13.2 Å². The normalized spacial score (nSPS) is 12.0. The largest absolute Gasteiger partial charge is 0.405 e. The van der Waals surface area contributed by atoms with E-state index in [4.69, 9.17) is 5.11 Å². The first kappa shape index (κ1) is 14.8. The SMILES string of the molecule is Cc1cc(N(CC(F)(F)F)C(C)C)ccc1CO. The second-order valence-corrected chi connectivity index (χ2v) is 4.61. The monoisotopic (exact) mass is 261 g/mol. The van der Waals surface area contributed by atoms with E-state index in [1.165, 1.54) is 4.90 Å². The Bertz CT molecular complexity index is 402. The van der Waals surface area contributed by atoms with Crippen LogP contribution in [0.4, 0.5) is 18.9 Å². The van der Waals surface area contributed by atoms with E-state index in [0.29, 0.717) is 5.69 Å². The molecule has 0 aromatic heterocycles. The fourth-order valence-electron chi connectivity index (χ4n) is 1.80. The molecule has 0 atom stereocenters. The van der Waals surface area contributed by atoms with Crippen LogP contribution in [0.25, 0.3) is 0 Å². The van der Waals surface area contributed by atoms with Crippen LogP contribution in [0, 0.1) is 6.92 Å². The summed E-state index contributed by atoms with van der Waals surface area (Å²) in [5.41, 5.74) is 2.05. The predicted octanol–water partition coefficient (Wildman–Crippen LogP) is 3.26. The van der Waals surface area contributed by atoms with Crippen molar-refractivity contribution in [2.75, 3.05) is 11.4 Å². The zero-order chi connectivity index (χ0) is 13.9. The number of aliphatic hydroxyl groups excluding tert-OH is 1. The molecule has 0 unspecified atom stereocenters. The lowest BCUT2D eigenvalue weighted by Gasteiger charge is -2.30. The quantitative estimate of drug-likeness (QED) is 0.899. The highest BCUT2D eigenvalue weighted by molar-refractivity contribution is 5.51. The molecule has 1 rings (SSSR count). The number of nitrogens with zero attached hydrogens (tertiary/aromatic N) is 1. The average molecular weight is 261 g/mol. The van der Waals surface area contributed by atoms with Gasteiger partial charge in [-0.25, -0.2) is 0 Å². The molecule has 0 fully saturated rings. The third kappa shape index (κ3) is 3.91. The molecule has 0 amide bonds. The second kappa shape index (κ2) is 5.61. The maximum Gasteiger partial charge on any atom is 0.405 e. The zero-order valence-corrected chi connectivity index (χ0v) is 10.8. The van der Waals surface area contributed by atoms with E-state index in [2.05, 4.69) is 0 Å². The molecule has 1 aromatic carbocycles. The standard InChI is InChI=1S/C13H18F3NO/c1-9(2)17(8-13(14,15)16)12-5-4-11(7-18)10(3)6-12/h4-6,9,18H,7-8H2,1-3H3. The Morgan fingerprint density at radius 3 is 2.28 bits per heavy atom. The lowest BCUT2D eigenvalue weighted by atomic mass is 10.1. The highest BCUT2D eigenvalue weighted by Crippen LogP contribution is 2.26. The fourth-order valence-corrected chi connectivity index (χ4v) is 1.80. The van der Waals surface area contributed by atoms with Crippen molar-refractivity contribution in [3.8, 4) is 0 Å². The minimum Gasteiger partial charge on any atom is -0.392 e. The molecule has 18 heavy (non-hydrogen) atoms. The number of benzene rings is 1. The number of alkyl halides is 3. The van der Waals surface area contributed by atoms with Crippen LogP contribution in [0.5, 0.6) is 0 Å². The van der Waals surface area contributed by atoms with Gasteiger partial charge in [0.15, 0.2) is 0 Å². The summed E-state index contributed by atoms with van der Waals surface area (Å²) in [5.74, 6) is 0. The van der Waals surface area contributed by atoms with E-state index in [1.54, 1.807) is 39.0 Å². The Labute approximate surface area is 105 Å². The van der Waals surface area contributed by atoms with Crippen molar-refractivity contribution < 1.29 is 18.3 Å². The fraction of sp³-hybridized carbons (Fsp3) is 0.538. The van der Waals surface area contributed by atoms with Crippen LogP contribution in [-0.2, 0) is 6.61 Å². The molecule has 102 valence electrons. The van der Waals surface area contributed by atoms with Gasteiger partial charge in [-0.05, 0) is 44.0 Å². The molecule has 0 heterocycles. The summed E-state index contributed by atoms with van der Waals surface area (Å²) in [6.07, 6.45) is -4.23. The Morgan fingerprint density at radius 2 is 1.89 bits per heavy atom. The Hall–Kier alpha value is -1.23. The van der Waals surface area contributed by atoms with E-state index >= 15 is 0 Å². The molecular weight excluding hydrogens is 243 g/mol. The van der Waals surface area contributed by atoms with Gasteiger partial charge >= 0.3 is 6.18 Å². The molecule has 5 heteroatoms. The van der Waals surface area contributed by atoms with Crippen molar-refractivity contribution in [3.05, 3.63) is 29.3 Å². The number of hydrogen-bond donors (Lipinski definition) is 1. The minimum absolute atomic E-state index is 0.104. The van der Waals surface area contributed by atoms with Gasteiger partial charge in [0, 0.05) is 11.7 Å². The van der Waals surface area contributed by atoms with Crippen LogP contribution in [-0.4, -0.2) is 23.9 Å². The first-order valence-corrected chi connectivity index (χ1v) is 5.78. The van der Waals surface area contributed by atoms with Crippen LogP contribution in [0.2, 0.25) is 0 Å². The number of aryl methyl sites for hydroxylation is 1. The van der Waals surface area contributed by atoms with Gasteiger partial charge in [-0.2, -0.15) is 13.2 Å². The van der Waals surface area contributed by atoms with Gasteiger partial charge in [0.05, 0.1) is 6.61 Å². The number of halogens is 3. The lowest BCUT2D eigenvalue weighted by molar-refractivity contribution is -0.120. The molecule has 0 radical (unpaired) electrons. The Morgan fingerprint density at radius 1 is 1.28 bits per heavy atom. The summed E-state index contributed by atoms with van der Waals surface area (Å²) in [6.45, 7) is 4.15. The van der Waals surface area contributed by atoms with E-state index in [-0.39, 0.29) is 12.6 Å². The zero-order valence-electron chi connectivity index (χ0n) is 10.8. The molecule has 0 saturated carbocycles. The van der Waals surface area contributed by atoms with E-state index in [0.717, 1.165) is 11.1 Å². The van der Waals surface area contributed by atoms with Crippen molar-refractivity contribution in [1.82, 2.24) is 0 Å². The minimum atomic E-state index is -4.23. The molecule has 0 aliphatic heterocycles. The smallest absolute Gasteiger partial charge is 0.392 e. The van der Waals surface area contributed by atoms with E-state index in [1.807, 2.05) is 0 Å². The van der Waals surface area contributed by atoms with Crippen molar-refractivity contribution >= 4 is 5.69 Å². The molecule has 1 N–H and O–H groups in total. The number of aliphatic hydroxyl groups is 1. The highest BCUT2D eigenvalue weighted by atomic mass is 19.4. The molecule has 0 spiro atoms. The summed E-state index contributed by atoms with van der Waals surface area (Å²) in [5, 5.41) is 9.05. The topological polar surface area (TPSA) is 23.5 Å². The maximum absolute atomic E-state index is 12.5. The summed E-state index contributed by atoms with van der Waals surface area (Å²) >= 11 is 0. The van der Waals surface area contributed by atoms with E-state index < -0.39 is 12.7 Å². The van der Waals surface area contributed by atoms with Crippen molar-refractivity contribution in [2.45, 2.75) is 39.6 Å². The Balaban J connectivity index is 3.03. The van der Waals surface area contributed by atoms with Crippen LogP contribution >= 0.6 is 0 Å². The third-order valence-corrected chi connectivity index (χ3v) is 2.80. The van der Waals surface area contributed by atoms with Gasteiger partial charge < -0.3 is 10.0 Å². The van der Waals surface area contributed by atoms with Gasteiger partial charge in [0.25, 0.3) is 0 Å². The number of hydrogen-bond acceptors (Lipinski definition) is 2. The van der Waals surface area contributed by atoms with Crippen LogP contribution in [0.3, 0.4) is 0 Å². The second-order valence-electron chi connectivity index (χ2n) is 4.61. The molecule has 0 aliphatic carbocycles. The number of rotatable bonds is 4. The molecule has 2 nitrogen and oxygen atoms in total. The summed E-state index contributed by atoms with van der Waals surface area (Å²) in [6, 6.07) is 4.71. The van der Waals surface area contributed by atoms with Crippen LogP contribution in [0.1, 0.15) is 25.0 Å². The van der Waals surface area contributed by atoms with Gasteiger partial charge in [-0.3, -0.25) is 0 Å². The van der Waals surface area contributed by atoms with Gasteiger partial charge in [-0.1, -0.05) is 6.07 Å². The maximum atomic E-state index is 12.5. The summed E-state index contributed by atoms with van der Waals surface area (Å²) in [4.78, 5) is 1.30. The van der Waals surface area contributed by atoms with Gasteiger partial charge in [0.2, 0.25) is 0 Å². The van der Waals surface area contributed by atoms with Crippen LogP contribution < -0.4 is 4.90 Å².